The smallest absolute Gasteiger partial charge is 0.0542 e. The van der Waals surface area contributed by atoms with Crippen molar-refractivity contribution in [3.63, 3.8) is 0 Å². The molecule has 0 spiro atoms. The molecule has 25 rings (SSSR count). The topological polar surface area (TPSA) is 32.7 Å². The number of rotatable bonds is 14. The minimum Gasteiger partial charge on any atom is -0.345 e. The highest BCUT2D eigenvalue weighted by Crippen LogP contribution is 2.42. The Balaban J connectivity index is 0.000000103. The minimum atomic E-state index is 1.16. The van der Waals surface area contributed by atoms with Crippen LogP contribution in [0.15, 0.2) is 497 Å². The van der Waals surface area contributed by atoms with E-state index in [1.54, 1.807) is 0 Å². The fraction of sp³-hybridized carbons (Fsp3) is 0.0323. The molecule has 0 radical (unpaired) electrons. The van der Waals surface area contributed by atoms with E-state index < -0.39 is 0 Å². The Bertz CT molecular complexity index is 8400. The van der Waals surface area contributed by atoms with Crippen molar-refractivity contribution >= 4 is 165 Å². The van der Waals surface area contributed by atoms with Crippen molar-refractivity contribution in [3.05, 3.63) is 497 Å². The van der Waals surface area contributed by atoms with E-state index in [1.165, 1.54) is 199 Å². The number of benzene rings is 21. The monoisotopic (exact) mass is 1690 g/mol. The molecule has 0 saturated carbocycles. The van der Waals surface area contributed by atoms with Gasteiger partial charge in [-0.25, -0.2) is 0 Å². The summed E-state index contributed by atoms with van der Waals surface area (Å²) in [5.41, 5.74) is 28.8. The summed E-state index contributed by atoms with van der Waals surface area (Å²) in [6.45, 7) is 0. The number of anilines is 8. The Hall–Kier alpha value is -17.2. The molecule has 0 atom stereocenters. The first kappa shape index (κ1) is 80.6. The Morgan fingerprint density at radius 2 is 0.333 bits per heavy atom. The van der Waals surface area contributed by atoms with Gasteiger partial charge in [-0.3, -0.25) is 0 Å². The molecule has 0 bridgehead atoms. The van der Waals surface area contributed by atoms with Crippen LogP contribution in [-0.4, -0.2) is 46.5 Å². The van der Waals surface area contributed by atoms with Gasteiger partial charge in [0.15, 0.2) is 0 Å². The van der Waals surface area contributed by atoms with Gasteiger partial charge in [0.25, 0.3) is 0 Å². The number of aromatic nitrogens is 4. The number of para-hydroxylation sites is 7. The van der Waals surface area contributed by atoms with Crippen LogP contribution in [0.3, 0.4) is 0 Å². The molecule has 0 N–H and O–H groups in total. The first-order valence-corrected chi connectivity index (χ1v) is 45.2. The molecule has 0 aliphatic heterocycles. The van der Waals surface area contributed by atoms with Crippen molar-refractivity contribution in [2.45, 2.75) is 0 Å². The van der Waals surface area contributed by atoms with E-state index in [4.69, 9.17) is 0 Å². The minimum absolute atomic E-state index is 1.16. The van der Waals surface area contributed by atoms with Gasteiger partial charge in [-0.1, -0.05) is 303 Å². The molecule has 25 aromatic rings. The summed E-state index contributed by atoms with van der Waals surface area (Å²) in [7, 11) is 8.51. The van der Waals surface area contributed by atoms with Crippen molar-refractivity contribution in [2.24, 2.45) is 0 Å². The molecule has 630 valence electrons. The van der Waals surface area contributed by atoms with Crippen molar-refractivity contribution in [1.29, 1.82) is 0 Å². The van der Waals surface area contributed by atoms with E-state index in [0.717, 1.165) is 11.4 Å². The van der Waals surface area contributed by atoms with E-state index in [0.29, 0.717) is 0 Å². The Kier molecular flexibility index (Phi) is 21.5. The first-order valence-electron chi connectivity index (χ1n) is 45.2. The van der Waals surface area contributed by atoms with Crippen molar-refractivity contribution in [2.75, 3.05) is 47.8 Å². The first-order chi connectivity index (χ1) is 65.1. The summed E-state index contributed by atoms with van der Waals surface area (Å²) in [4.78, 5) is 8.96. The summed E-state index contributed by atoms with van der Waals surface area (Å²) in [6.07, 6.45) is 0. The molecule has 4 heterocycles. The lowest BCUT2D eigenvalue weighted by Crippen LogP contribution is -2.09. The van der Waals surface area contributed by atoms with Gasteiger partial charge in [0.05, 0.1) is 44.1 Å². The zero-order valence-corrected chi connectivity index (χ0v) is 73.9. The van der Waals surface area contributed by atoms with Gasteiger partial charge in [0, 0.05) is 140 Å². The van der Waals surface area contributed by atoms with Crippen molar-refractivity contribution in [1.82, 2.24) is 18.3 Å². The molecule has 0 amide bonds. The molecule has 0 saturated heterocycles. The summed E-state index contributed by atoms with van der Waals surface area (Å²) in [5.74, 6) is 0. The third-order valence-electron chi connectivity index (χ3n) is 26.2. The van der Waals surface area contributed by atoms with Crippen LogP contribution in [0.1, 0.15) is 0 Å². The normalized spacial score (nSPS) is 11.3. The second-order valence-corrected chi connectivity index (χ2v) is 33.9. The molecule has 0 aliphatic rings. The largest absolute Gasteiger partial charge is 0.345 e. The van der Waals surface area contributed by atoms with Crippen LogP contribution in [0.25, 0.3) is 165 Å². The molecular formula is C124H94N8. The predicted octanol–water partition coefficient (Wildman–Crippen LogP) is 33.0. The summed E-state index contributed by atoms with van der Waals surface area (Å²) >= 11 is 0. The fourth-order valence-corrected chi connectivity index (χ4v) is 19.2. The summed E-state index contributed by atoms with van der Waals surface area (Å²) < 4.78 is 9.46. The number of fused-ring (bicyclic) bond motifs is 15. The van der Waals surface area contributed by atoms with Crippen molar-refractivity contribution in [3.8, 4) is 45.0 Å². The molecule has 8 heteroatoms. The van der Waals surface area contributed by atoms with E-state index >= 15 is 0 Å². The van der Waals surface area contributed by atoms with Gasteiger partial charge < -0.3 is 37.9 Å². The summed E-state index contributed by atoms with van der Waals surface area (Å²) in [6, 6.07) is 178. The molecule has 132 heavy (non-hydrogen) atoms. The molecular weight excluding hydrogens is 1600 g/mol. The van der Waals surface area contributed by atoms with Gasteiger partial charge in [0.1, 0.15) is 0 Å². The van der Waals surface area contributed by atoms with E-state index in [-0.39, 0.29) is 0 Å². The molecule has 21 aromatic carbocycles. The maximum atomic E-state index is 2.38. The lowest BCUT2D eigenvalue weighted by molar-refractivity contribution is 1.16. The standard InChI is InChI=1S/C35H26N2.C31H24N2.2C29H22N2/c1-36(29-18-15-27(16-19-29)25-9-3-2-4-10-25)30-21-22-35-33(24-30)32-13-7-8-14-34(32)37(35)31-20-17-26-11-5-6-12-28(26)23-31;1-32(25-17-15-24(16-18-25)23-9-3-2-4-10-23)26-19-21-27(22-20-26)33-30-13-7-5-11-28(30)29-12-6-8-14-31(29)33;1-30(25-15-14-21-8-2-3-9-22(21)20-25)23-16-18-24(19-17-23)31-28-12-6-4-10-26(28)27-11-5-7-13-29(27)31;1-30(23-11-3-2-4-12-23)24-17-18-29-27(20-24)26-13-7-8-14-28(26)31(29)25-16-15-21-9-5-6-10-22(21)19-25/h2-24H,1H3;2-22H,1H3;2*2-20H,1H3. The highest BCUT2D eigenvalue weighted by Gasteiger charge is 2.21. The Morgan fingerprint density at radius 1 is 0.129 bits per heavy atom. The van der Waals surface area contributed by atoms with Crippen LogP contribution >= 0.6 is 0 Å². The van der Waals surface area contributed by atoms with Crippen LogP contribution in [-0.2, 0) is 0 Å². The van der Waals surface area contributed by atoms with Crippen molar-refractivity contribution < 1.29 is 0 Å². The van der Waals surface area contributed by atoms with Gasteiger partial charge in [-0.2, -0.15) is 0 Å². The Morgan fingerprint density at radius 3 is 0.674 bits per heavy atom. The zero-order valence-electron chi connectivity index (χ0n) is 73.9. The molecule has 4 aromatic heterocycles. The second kappa shape index (κ2) is 35.2. The predicted molar refractivity (Wildman–Crippen MR) is 565 cm³/mol. The van der Waals surface area contributed by atoms with Crippen LogP contribution in [0.2, 0.25) is 0 Å². The number of hydrogen-bond acceptors (Lipinski definition) is 4. The maximum absolute atomic E-state index is 2.38. The number of hydrogen-bond donors (Lipinski definition) is 0. The molecule has 0 fully saturated rings. The van der Waals surface area contributed by atoms with Gasteiger partial charge >= 0.3 is 0 Å². The quantitative estimate of drug-likeness (QED) is 0.109. The number of nitrogens with zero attached hydrogens (tertiary/aromatic N) is 8. The van der Waals surface area contributed by atoms with Gasteiger partial charge in [-0.15, -0.1) is 0 Å². The SMILES string of the molecule is CN(c1ccc(-c2ccccc2)cc1)c1ccc(-n2c3ccccc3c3ccccc32)cc1.CN(c1ccc(-c2ccccc2)cc1)c1ccc2c(c1)c1ccccc1n2-c1ccc2ccccc2c1.CN(c1ccc(-n2c3ccccc3c3ccccc32)cc1)c1ccc2ccccc2c1.CN(c1ccccc1)c1ccc2c(c1)c1ccccc1n2-c1ccc2ccccc2c1. The average molecular weight is 1700 g/mol. The Labute approximate surface area is 768 Å². The van der Waals surface area contributed by atoms with Crippen LogP contribution in [0.5, 0.6) is 0 Å². The van der Waals surface area contributed by atoms with Crippen LogP contribution in [0, 0.1) is 0 Å². The lowest BCUT2D eigenvalue weighted by atomic mass is 10.1. The summed E-state index contributed by atoms with van der Waals surface area (Å²) in [5, 5.41) is 17.8. The third kappa shape index (κ3) is 15.4. The van der Waals surface area contributed by atoms with E-state index in [1.807, 2.05) is 0 Å². The zero-order chi connectivity index (χ0) is 88.5. The highest BCUT2D eigenvalue weighted by molar-refractivity contribution is 6.14. The van der Waals surface area contributed by atoms with E-state index in [2.05, 4.69) is 564 Å². The van der Waals surface area contributed by atoms with E-state index in [9.17, 15) is 0 Å². The lowest BCUT2D eigenvalue weighted by Gasteiger charge is -2.20. The van der Waals surface area contributed by atoms with Gasteiger partial charge in [0.2, 0.25) is 0 Å². The van der Waals surface area contributed by atoms with Crippen LogP contribution < -0.4 is 19.6 Å². The second-order valence-electron chi connectivity index (χ2n) is 33.9. The molecule has 0 unspecified atom stereocenters. The van der Waals surface area contributed by atoms with Gasteiger partial charge in [-0.05, 0) is 249 Å². The molecule has 8 nitrogen and oxygen atoms in total. The highest BCUT2D eigenvalue weighted by atomic mass is 15.1. The molecule has 0 aliphatic carbocycles. The average Bonchev–Trinajstić information content (AvgIpc) is 1.58. The maximum Gasteiger partial charge on any atom is 0.0542 e. The third-order valence-corrected chi connectivity index (χ3v) is 26.2. The fourth-order valence-electron chi connectivity index (χ4n) is 19.2. The van der Waals surface area contributed by atoms with Crippen LogP contribution in [0.4, 0.5) is 45.5 Å².